The van der Waals surface area contributed by atoms with Crippen LogP contribution in [0, 0.1) is 0 Å². The fourth-order valence-corrected chi connectivity index (χ4v) is 0.850. The van der Waals surface area contributed by atoms with Crippen molar-refractivity contribution in [3.05, 3.63) is 40.5 Å². The Morgan fingerprint density at radius 3 is 2.71 bits per heavy atom. The van der Waals surface area contributed by atoms with Gasteiger partial charge in [0, 0.05) is 6.07 Å². The molecule has 0 aliphatic carbocycles. The van der Waals surface area contributed by atoms with Crippen molar-refractivity contribution in [1.82, 2.24) is 0 Å². The zero-order valence-corrected chi connectivity index (χ0v) is 7.75. The first-order valence-corrected chi connectivity index (χ1v) is 4.24. The van der Waals surface area contributed by atoms with Gasteiger partial charge in [-0.05, 0) is 25.1 Å². The topological polar surface area (TPSA) is 70.7 Å². The zero-order valence-electron chi connectivity index (χ0n) is 7.75. The molecule has 0 aromatic carbocycles. The molecule has 1 aromatic rings. The Morgan fingerprint density at radius 2 is 2.14 bits per heavy atom. The maximum Gasteiger partial charge on any atom is 0.336 e. The van der Waals surface area contributed by atoms with Crippen molar-refractivity contribution in [2.45, 2.75) is 19.1 Å². The summed E-state index contributed by atoms with van der Waals surface area (Å²) in [4.78, 5) is 10.8. The van der Waals surface area contributed by atoms with Gasteiger partial charge in [-0.2, -0.15) is 0 Å². The molecular weight excluding hydrogens is 184 g/mol. The highest BCUT2D eigenvalue weighted by Crippen LogP contribution is 2.01. The Hall–Kier alpha value is -1.39. The predicted octanol–water partition coefficient (Wildman–Crippen LogP) is 0.395. The highest BCUT2D eigenvalue weighted by molar-refractivity contribution is 5.42. The lowest BCUT2D eigenvalue weighted by Crippen LogP contribution is -2.19. The summed E-state index contributed by atoms with van der Waals surface area (Å²) in [6, 6.07) is 4.44. The van der Waals surface area contributed by atoms with Gasteiger partial charge in [-0.1, -0.05) is 6.07 Å². The van der Waals surface area contributed by atoms with E-state index < -0.39 is 17.8 Å². The normalized spacial score (nSPS) is 15.6. The van der Waals surface area contributed by atoms with Gasteiger partial charge >= 0.3 is 5.63 Å². The first kappa shape index (κ1) is 10.7. The maximum absolute atomic E-state index is 10.8. The van der Waals surface area contributed by atoms with Crippen LogP contribution in [0.5, 0.6) is 0 Å². The van der Waals surface area contributed by atoms with E-state index >= 15 is 0 Å². The van der Waals surface area contributed by atoms with Gasteiger partial charge in [0.1, 0.15) is 5.76 Å². The van der Waals surface area contributed by atoms with E-state index in [1.54, 1.807) is 12.1 Å². The van der Waals surface area contributed by atoms with E-state index in [0.717, 1.165) is 0 Å². The SMILES string of the molecule is C[C@H](O)[C@@H](O)C=Cc1cccc(=O)o1. The molecule has 0 aliphatic rings. The predicted molar refractivity (Wildman–Crippen MR) is 51.7 cm³/mol. The van der Waals surface area contributed by atoms with Crippen molar-refractivity contribution in [2.24, 2.45) is 0 Å². The number of rotatable bonds is 3. The van der Waals surface area contributed by atoms with Gasteiger partial charge in [0.2, 0.25) is 0 Å². The second kappa shape index (κ2) is 4.74. The Labute approximate surface area is 81.1 Å². The van der Waals surface area contributed by atoms with Crippen LogP contribution >= 0.6 is 0 Å². The lowest BCUT2D eigenvalue weighted by Gasteiger charge is -2.06. The molecule has 0 saturated heterocycles. The molecule has 1 rings (SSSR count). The van der Waals surface area contributed by atoms with Crippen LogP contribution in [0.1, 0.15) is 12.7 Å². The van der Waals surface area contributed by atoms with Crippen molar-refractivity contribution in [2.75, 3.05) is 0 Å². The molecule has 0 saturated carbocycles. The maximum atomic E-state index is 10.8. The number of aliphatic hydroxyl groups is 2. The molecule has 1 aromatic heterocycles. The lowest BCUT2D eigenvalue weighted by atomic mass is 10.2. The highest BCUT2D eigenvalue weighted by atomic mass is 16.4. The molecule has 0 amide bonds. The van der Waals surface area contributed by atoms with E-state index in [1.807, 2.05) is 0 Å². The van der Waals surface area contributed by atoms with E-state index in [2.05, 4.69) is 0 Å². The molecule has 0 spiro atoms. The largest absolute Gasteiger partial charge is 0.423 e. The Balaban J connectivity index is 2.73. The fraction of sp³-hybridized carbons (Fsp3) is 0.300. The summed E-state index contributed by atoms with van der Waals surface area (Å²) in [6.45, 7) is 1.47. The van der Waals surface area contributed by atoms with Gasteiger partial charge < -0.3 is 14.6 Å². The minimum atomic E-state index is -0.958. The molecule has 4 nitrogen and oxygen atoms in total. The van der Waals surface area contributed by atoms with Crippen LogP contribution in [0.4, 0.5) is 0 Å². The monoisotopic (exact) mass is 196 g/mol. The average Bonchev–Trinajstić information content (AvgIpc) is 2.14. The molecule has 1 heterocycles. The molecular formula is C10H12O4. The van der Waals surface area contributed by atoms with Crippen LogP contribution in [0.3, 0.4) is 0 Å². The fourth-order valence-electron chi connectivity index (χ4n) is 0.850. The average molecular weight is 196 g/mol. The quantitative estimate of drug-likeness (QED) is 0.733. The van der Waals surface area contributed by atoms with Crippen molar-refractivity contribution in [1.29, 1.82) is 0 Å². The van der Waals surface area contributed by atoms with Gasteiger partial charge in [-0.3, -0.25) is 0 Å². The van der Waals surface area contributed by atoms with Gasteiger partial charge in [0.25, 0.3) is 0 Å². The molecule has 0 bridgehead atoms. The minimum Gasteiger partial charge on any atom is -0.423 e. The van der Waals surface area contributed by atoms with Crippen LogP contribution in [-0.4, -0.2) is 22.4 Å². The molecule has 0 fully saturated rings. The van der Waals surface area contributed by atoms with Gasteiger partial charge in [0.05, 0.1) is 12.2 Å². The summed E-state index contributed by atoms with van der Waals surface area (Å²) in [7, 11) is 0. The van der Waals surface area contributed by atoms with E-state index in [9.17, 15) is 9.90 Å². The third-order valence-corrected chi connectivity index (χ3v) is 1.66. The van der Waals surface area contributed by atoms with E-state index in [-0.39, 0.29) is 0 Å². The van der Waals surface area contributed by atoms with Crippen molar-refractivity contribution >= 4 is 6.08 Å². The van der Waals surface area contributed by atoms with Gasteiger partial charge in [-0.15, -0.1) is 0 Å². The summed E-state index contributed by atoms with van der Waals surface area (Å²) in [6.07, 6.45) is 1.00. The van der Waals surface area contributed by atoms with E-state index in [4.69, 9.17) is 9.52 Å². The smallest absolute Gasteiger partial charge is 0.336 e. The second-order valence-corrected chi connectivity index (χ2v) is 2.94. The summed E-state index contributed by atoms with van der Waals surface area (Å²) >= 11 is 0. The molecule has 0 aliphatic heterocycles. The standard InChI is InChI=1S/C10H12O4/c1-7(11)9(12)6-5-8-3-2-4-10(13)14-8/h2-7,9,11-12H,1H3/t7-,9-/m0/s1. The van der Waals surface area contributed by atoms with Gasteiger partial charge in [-0.25, -0.2) is 4.79 Å². The number of aliphatic hydroxyl groups excluding tert-OH is 2. The summed E-state index contributed by atoms with van der Waals surface area (Å²) in [5.74, 6) is 0.345. The molecule has 76 valence electrons. The second-order valence-electron chi connectivity index (χ2n) is 2.94. The lowest BCUT2D eigenvalue weighted by molar-refractivity contribution is 0.0623. The van der Waals surface area contributed by atoms with Crippen LogP contribution in [0.2, 0.25) is 0 Å². The third kappa shape index (κ3) is 3.16. The number of hydrogen-bond donors (Lipinski definition) is 2. The summed E-state index contributed by atoms with van der Waals surface area (Å²) in [5.41, 5.74) is -0.446. The Kier molecular flexibility index (Phi) is 3.62. The molecule has 14 heavy (non-hydrogen) atoms. The number of hydrogen-bond acceptors (Lipinski definition) is 4. The third-order valence-electron chi connectivity index (χ3n) is 1.66. The Bertz CT molecular complexity index is 364. The van der Waals surface area contributed by atoms with Crippen molar-refractivity contribution < 1.29 is 14.6 Å². The van der Waals surface area contributed by atoms with Crippen LogP contribution < -0.4 is 5.63 Å². The van der Waals surface area contributed by atoms with Gasteiger partial charge in [0.15, 0.2) is 0 Å². The van der Waals surface area contributed by atoms with Crippen molar-refractivity contribution in [3.63, 3.8) is 0 Å². The van der Waals surface area contributed by atoms with E-state index in [1.165, 1.54) is 25.1 Å². The molecule has 0 unspecified atom stereocenters. The first-order valence-electron chi connectivity index (χ1n) is 4.24. The summed E-state index contributed by atoms with van der Waals surface area (Å²) in [5, 5.41) is 18.2. The van der Waals surface area contributed by atoms with Crippen LogP contribution in [-0.2, 0) is 0 Å². The molecule has 2 atom stereocenters. The minimum absolute atomic E-state index is 0.345. The highest BCUT2D eigenvalue weighted by Gasteiger charge is 2.05. The first-order chi connectivity index (χ1) is 6.59. The molecule has 4 heteroatoms. The zero-order chi connectivity index (χ0) is 10.6. The summed E-state index contributed by atoms with van der Waals surface area (Å²) < 4.78 is 4.77. The van der Waals surface area contributed by atoms with Crippen molar-refractivity contribution in [3.8, 4) is 0 Å². The van der Waals surface area contributed by atoms with Crippen LogP contribution in [0.15, 0.2) is 33.5 Å². The Morgan fingerprint density at radius 1 is 1.43 bits per heavy atom. The molecule has 0 radical (unpaired) electrons. The van der Waals surface area contributed by atoms with Crippen LogP contribution in [0.25, 0.3) is 6.08 Å². The van der Waals surface area contributed by atoms with E-state index in [0.29, 0.717) is 5.76 Å². The molecule has 2 N–H and O–H groups in total.